The molecule has 0 radical (unpaired) electrons. The van der Waals surface area contributed by atoms with Gasteiger partial charge in [0.1, 0.15) is 11.5 Å². The van der Waals surface area contributed by atoms with Crippen molar-refractivity contribution in [1.29, 1.82) is 0 Å². The van der Waals surface area contributed by atoms with Crippen molar-refractivity contribution >= 4 is 33.4 Å². The maximum Gasteiger partial charge on any atom is 0.170 e. The number of aryl methyl sites for hydroxylation is 1. The lowest BCUT2D eigenvalue weighted by atomic mass is 10.2. The van der Waals surface area contributed by atoms with Crippen LogP contribution in [0.4, 0.5) is 0 Å². The SMILES string of the molecule is Cc1ccc(Cl)cc1Oc1ccc(/C(N)=N/O)cc1Br. The van der Waals surface area contributed by atoms with Crippen molar-refractivity contribution in [2.24, 2.45) is 10.9 Å². The minimum atomic E-state index is 0.0381. The molecule has 20 heavy (non-hydrogen) atoms. The van der Waals surface area contributed by atoms with Gasteiger partial charge in [-0.25, -0.2) is 0 Å². The molecule has 0 unspecified atom stereocenters. The van der Waals surface area contributed by atoms with Gasteiger partial charge in [0, 0.05) is 10.6 Å². The lowest BCUT2D eigenvalue weighted by Crippen LogP contribution is -2.12. The van der Waals surface area contributed by atoms with Gasteiger partial charge in [0.05, 0.1) is 4.47 Å². The average molecular weight is 356 g/mol. The molecule has 0 aliphatic carbocycles. The number of halogens is 2. The normalized spacial score (nSPS) is 11.4. The summed E-state index contributed by atoms with van der Waals surface area (Å²) in [6.07, 6.45) is 0. The molecule has 2 rings (SSSR count). The summed E-state index contributed by atoms with van der Waals surface area (Å²) in [4.78, 5) is 0. The zero-order valence-electron chi connectivity index (χ0n) is 10.6. The smallest absolute Gasteiger partial charge is 0.170 e. The third kappa shape index (κ3) is 3.23. The number of nitrogens with two attached hydrogens (primary N) is 1. The molecule has 104 valence electrons. The van der Waals surface area contributed by atoms with E-state index in [0.29, 0.717) is 26.6 Å². The summed E-state index contributed by atoms with van der Waals surface area (Å²) in [7, 11) is 0. The van der Waals surface area contributed by atoms with Gasteiger partial charge in [0.2, 0.25) is 0 Å². The van der Waals surface area contributed by atoms with Crippen molar-refractivity contribution in [1.82, 2.24) is 0 Å². The standard InChI is InChI=1S/C14H12BrClN2O2/c1-8-2-4-10(16)7-13(8)20-12-5-3-9(6-11(12)15)14(17)18-19/h2-7,19H,1H3,(H2,17,18). The molecule has 0 saturated carbocycles. The van der Waals surface area contributed by atoms with Crippen molar-refractivity contribution in [3.63, 3.8) is 0 Å². The molecule has 0 aromatic heterocycles. The number of oxime groups is 1. The second kappa shape index (κ2) is 6.15. The Morgan fingerprint density at radius 3 is 2.65 bits per heavy atom. The van der Waals surface area contributed by atoms with Gasteiger partial charge >= 0.3 is 0 Å². The predicted molar refractivity (Wildman–Crippen MR) is 82.9 cm³/mol. The molecule has 0 amide bonds. The lowest BCUT2D eigenvalue weighted by Gasteiger charge is -2.11. The van der Waals surface area contributed by atoms with Crippen molar-refractivity contribution in [2.45, 2.75) is 6.92 Å². The summed E-state index contributed by atoms with van der Waals surface area (Å²) in [5.41, 5.74) is 7.10. The highest BCUT2D eigenvalue weighted by molar-refractivity contribution is 9.10. The Hall–Kier alpha value is -1.72. The molecule has 0 heterocycles. The molecule has 0 aliphatic rings. The Balaban J connectivity index is 2.33. The van der Waals surface area contributed by atoms with E-state index in [9.17, 15) is 0 Å². The molecule has 4 nitrogen and oxygen atoms in total. The maximum absolute atomic E-state index is 8.65. The van der Waals surface area contributed by atoms with Crippen LogP contribution >= 0.6 is 27.5 Å². The van der Waals surface area contributed by atoms with Crippen LogP contribution in [0.5, 0.6) is 11.5 Å². The van der Waals surface area contributed by atoms with Crippen LogP contribution in [0.1, 0.15) is 11.1 Å². The molecule has 0 saturated heterocycles. The first kappa shape index (κ1) is 14.7. The molecule has 0 spiro atoms. The fourth-order valence-corrected chi connectivity index (χ4v) is 2.22. The zero-order chi connectivity index (χ0) is 14.7. The third-order valence-corrected chi connectivity index (χ3v) is 3.56. The van der Waals surface area contributed by atoms with Gasteiger partial charge in [0.25, 0.3) is 0 Å². The van der Waals surface area contributed by atoms with Crippen LogP contribution in [0.2, 0.25) is 5.02 Å². The van der Waals surface area contributed by atoms with Gasteiger partial charge in [-0.1, -0.05) is 22.8 Å². The first-order chi connectivity index (χ1) is 9.51. The zero-order valence-corrected chi connectivity index (χ0v) is 12.9. The van der Waals surface area contributed by atoms with Gasteiger partial charge in [0.15, 0.2) is 5.84 Å². The van der Waals surface area contributed by atoms with Gasteiger partial charge < -0.3 is 15.7 Å². The molecule has 0 aliphatic heterocycles. The topological polar surface area (TPSA) is 67.8 Å². The predicted octanol–water partition coefficient (Wildman–Crippen LogP) is 4.30. The molecular formula is C14H12BrClN2O2. The average Bonchev–Trinajstić information content (AvgIpc) is 2.44. The number of benzene rings is 2. The van der Waals surface area contributed by atoms with E-state index in [4.69, 9.17) is 27.3 Å². The van der Waals surface area contributed by atoms with E-state index in [0.717, 1.165) is 5.56 Å². The number of amidine groups is 1. The largest absolute Gasteiger partial charge is 0.456 e. The van der Waals surface area contributed by atoms with Gasteiger partial charge in [-0.05, 0) is 58.7 Å². The molecule has 0 fully saturated rings. The second-order valence-electron chi connectivity index (χ2n) is 4.14. The van der Waals surface area contributed by atoms with Crippen molar-refractivity contribution in [2.75, 3.05) is 0 Å². The second-order valence-corrected chi connectivity index (χ2v) is 5.43. The van der Waals surface area contributed by atoms with Crippen molar-refractivity contribution in [3.05, 3.63) is 57.0 Å². The Morgan fingerprint density at radius 1 is 1.25 bits per heavy atom. The number of hydrogen-bond acceptors (Lipinski definition) is 3. The summed E-state index contributed by atoms with van der Waals surface area (Å²) in [5.74, 6) is 1.33. The number of nitrogens with zero attached hydrogens (tertiary/aromatic N) is 1. The summed E-state index contributed by atoms with van der Waals surface area (Å²) in [6.45, 7) is 1.93. The quantitative estimate of drug-likeness (QED) is 0.373. The maximum atomic E-state index is 8.65. The highest BCUT2D eigenvalue weighted by Gasteiger charge is 2.08. The number of rotatable bonds is 3. The molecule has 2 aromatic carbocycles. The molecule has 2 aromatic rings. The molecule has 0 atom stereocenters. The Bertz CT molecular complexity index is 674. The van der Waals surface area contributed by atoms with E-state index in [1.807, 2.05) is 13.0 Å². The monoisotopic (exact) mass is 354 g/mol. The van der Waals surface area contributed by atoms with E-state index in [1.165, 1.54) is 0 Å². The van der Waals surface area contributed by atoms with Gasteiger partial charge in [-0.2, -0.15) is 0 Å². The molecule has 3 N–H and O–H groups in total. The van der Waals surface area contributed by atoms with Crippen LogP contribution in [0.3, 0.4) is 0 Å². The Kier molecular flexibility index (Phi) is 4.52. The van der Waals surface area contributed by atoms with E-state index in [2.05, 4.69) is 21.1 Å². The minimum Gasteiger partial charge on any atom is -0.456 e. The molecular weight excluding hydrogens is 344 g/mol. The highest BCUT2D eigenvalue weighted by Crippen LogP contribution is 2.33. The van der Waals surface area contributed by atoms with Crippen LogP contribution in [0.25, 0.3) is 0 Å². The summed E-state index contributed by atoms with van der Waals surface area (Å²) in [5, 5.41) is 12.2. The highest BCUT2D eigenvalue weighted by atomic mass is 79.9. The van der Waals surface area contributed by atoms with E-state index < -0.39 is 0 Å². The van der Waals surface area contributed by atoms with Crippen LogP contribution in [0, 0.1) is 6.92 Å². The fourth-order valence-electron chi connectivity index (χ4n) is 1.60. The van der Waals surface area contributed by atoms with Crippen LogP contribution < -0.4 is 10.5 Å². The van der Waals surface area contributed by atoms with E-state index >= 15 is 0 Å². The van der Waals surface area contributed by atoms with Crippen LogP contribution in [-0.4, -0.2) is 11.0 Å². The Morgan fingerprint density at radius 2 is 2.00 bits per heavy atom. The van der Waals surface area contributed by atoms with E-state index in [-0.39, 0.29) is 5.84 Å². The van der Waals surface area contributed by atoms with Crippen molar-refractivity contribution in [3.8, 4) is 11.5 Å². The fraction of sp³-hybridized carbons (Fsp3) is 0.0714. The first-order valence-electron chi connectivity index (χ1n) is 5.72. The first-order valence-corrected chi connectivity index (χ1v) is 6.90. The van der Waals surface area contributed by atoms with E-state index in [1.54, 1.807) is 30.3 Å². The third-order valence-electron chi connectivity index (χ3n) is 2.71. The summed E-state index contributed by atoms with van der Waals surface area (Å²) in [6, 6.07) is 10.6. The van der Waals surface area contributed by atoms with Gasteiger partial charge in [-0.3, -0.25) is 0 Å². The number of hydrogen-bond donors (Lipinski definition) is 2. The van der Waals surface area contributed by atoms with Crippen molar-refractivity contribution < 1.29 is 9.94 Å². The van der Waals surface area contributed by atoms with Crippen LogP contribution in [0.15, 0.2) is 46.0 Å². The summed E-state index contributed by atoms with van der Waals surface area (Å²) >= 11 is 9.35. The van der Waals surface area contributed by atoms with Gasteiger partial charge in [-0.15, -0.1) is 0 Å². The summed E-state index contributed by atoms with van der Waals surface area (Å²) < 4.78 is 6.51. The lowest BCUT2D eigenvalue weighted by molar-refractivity contribution is 0.318. The molecule has 6 heteroatoms. The molecule has 0 bridgehead atoms. The Labute approximate surface area is 129 Å². The number of ether oxygens (including phenoxy) is 1. The minimum absolute atomic E-state index is 0.0381. The van der Waals surface area contributed by atoms with Crippen LogP contribution in [-0.2, 0) is 0 Å².